The number of rotatable bonds is 0. The molecule has 1 aliphatic heterocycles. The molecule has 1 heterocycles. The van der Waals surface area contributed by atoms with E-state index in [9.17, 15) is 5.21 Å². The Labute approximate surface area is 37.3 Å². The van der Waals surface area contributed by atoms with Gasteiger partial charge in [0.15, 0.2) is 6.54 Å². The van der Waals surface area contributed by atoms with Gasteiger partial charge in [0, 0.05) is 17.9 Å². The van der Waals surface area contributed by atoms with Crippen LogP contribution in [-0.2, 0) is 5.21 Å². The molecule has 0 spiro atoms. The third-order valence-electron chi connectivity index (χ3n) is 0.915. The van der Waals surface area contributed by atoms with Crippen LogP contribution in [-0.4, -0.2) is 6.54 Å². The van der Waals surface area contributed by atoms with E-state index >= 15 is 0 Å². The third-order valence-corrected chi connectivity index (χ3v) is 0.915. The van der Waals surface area contributed by atoms with E-state index in [1.54, 1.807) is 6.54 Å². The van der Waals surface area contributed by atoms with Crippen molar-refractivity contribution in [2.75, 3.05) is 6.54 Å². The standard InChI is InChI=1S/C4H7NO/c6-5-3-1-2-4-5/h3H,1-2,4H2/q+1. The molecule has 0 aromatic rings. The van der Waals surface area contributed by atoms with Crippen molar-refractivity contribution in [3.63, 3.8) is 0 Å². The molecule has 0 atom stereocenters. The monoisotopic (exact) mass is 85.1 g/mol. The van der Waals surface area contributed by atoms with Gasteiger partial charge >= 0.3 is 0 Å². The quantitative estimate of drug-likeness (QED) is 0.381. The number of nitrogens with zero attached hydrogens (tertiary/aromatic N) is 1. The molecule has 0 aliphatic carbocycles. The van der Waals surface area contributed by atoms with E-state index in [2.05, 4.69) is 0 Å². The first-order chi connectivity index (χ1) is 2.89. The molecule has 1 rings (SSSR count). The molecule has 0 N–H and O–H groups in total. The van der Waals surface area contributed by atoms with Crippen LogP contribution >= 0.6 is 0 Å². The molecule has 0 amide bonds. The lowest BCUT2D eigenvalue weighted by atomic mass is 10.4. The van der Waals surface area contributed by atoms with Crippen LogP contribution in [0.1, 0.15) is 12.8 Å². The van der Waals surface area contributed by atoms with Gasteiger partial charge in [0.25, 0.3) is 0 Å². The summed E-state index contributed by atoms with van der Waals surface area (Å²) in [5.74, 6) is 0. The Morgan fingerprint density at radius 3 is 2.67 bits per heavy atom. The second kappa shape index (κ2) is 1.58. The highest BCUT2D eigenvalue weighted by Crippen LogP contribution is 2.04. The number of hydrogen-bond acceptors (Lipinski definition) is 1. The van der Waals surface area contributed by atoms with E-state index in [1.807, 2.05) is 0 Å². The largest absolute Gasteiger partial charge is 0.232 e. The van der Waals surface area contributed by atoms with Crippen LogP contribution in [0.2, 0.25) is 0 Å². The molecule has 2 nitrogen and oxygen atoms in total. The lowest BCUT2D eigenvalue weighted by molar-refractivity contribution is -0.0193. The van der Waals surface area contributed by atoms with E-state index < -0.39 is 0 Å². The molecule has 33 valence electrons. The summed E-state index contributed by atoms with van der Waals surface area (Å²) in [7, 11) is 0. The van der Waals surface area contributed by atoms with Crippen LogP contribution < -0.4 is 5.06 Å². The fraction of sp³-hybridized carbons (Fsp3) is 0.750. The fourth-order valence-corrected chi connectivity index (χ4v) is 0.574. The van der Waals surface area contributed by atoms with Crippen LogP contribution in [0.3, 0.4) is 0 Å². The minimum Gasteiger partial charge on any atom is 0.0111 e. The van der Waals surface area contributed by atoms with Crippen molar-refractivity contribution in [2.24, 2.45) is 0 Å². The van der Waals surface area contributed by atoms with Gasteiger partial charge in [0.2, 0.25) is 6.54 Å². The second-order valence-corrected chi connectivity index (χ2v) is 1.47. The highest BCUT2D eigenvalue weighted by Gasteiger charge is 2.21. The summed E-state index contributed by atoms with van der Waals surface area (Å²) in [6, 6.07) is 0. The van der Waals surface area contributed by atoms with E-state index in [0.717, 1.165) is 17.9 Å². The Kier molecular flexibility index (Phi) is 1.08. The first-order valence-electron chi connectivity index (χ1n) is 2.17. The van der Waals surface area contributed by atoms with Gasteiger partial charge in [-0.3, -0.25) is 0 Å². The molecule has 0 aromatic carbocycles. The summed E-state index contributed by atoms with van der Waals surface area (Å²) in [5, 5.41) is 11.1. The van der Waals surface area contributed by atoms with Crippen LogP contribution in [0.4, 0.5) is 0 Å². The molecule has 1 aliphatic rings. The lowest BCUT2D eigenvalue weighted by Gasteiger charge is -1.76. The molecule has 1 fully saturated rings. The van der Waals surface area contributed by atoms with Crippen molar-refractivity contribution < 1.29 is 5.21 Å². The SMILES string of the molecule is [O][N+]1[CH]CCC1. The van der Waals surface area contributed by atoms with Crippen molar-refractivity contribution in [1.29, 1.82) is 0 Å². The summed E-state index contributed by atoms with van der Waals surface area (Å²) in [6.07, 6.45) is 2.02. The van der Waals surface area contributed by atoms with Crippen molar-refractivity contribution in [2.45, 2.75) is 12.8 Å². The van der Waals surface area contributed by atoms with Gasteiger partial charge in [0.1, 0.15) is 0 Å². The number of hydroxylamine groups is 2. The average molecular weight is 85.1 g/mol. The predicted octanol–water partition coefficient (Wildman–Crippen LogP) is 0.428. The summed E-state index contributed by atoms with van der Waals surface area (Å²) in [4.78, 5) is 0. The topological polar surface area (TPSA) is 25.8 Å². The van der Waals surface area contributed by atoms with Gasteiger partial charge in [-0.05, 0) is 0 Å². The van der Waals surface area contributed by atoms with Crippen LogP contribution in [0.25, 0.3) is 0 Å². The summed E-state index contributed by atoms with van der Waals surface area (Å²) >= 11 is 0. The average Bonchev–Trinajstić information content (AvgIpc) is 1.86. The Morgan fingerprint density at radius 2 is 2.50 bits per heavy atom. The summed E-state index contributed by atoms with van der Waals surface area (Å²) in [5.41, 5.74) is 0. The van der Waals surface area contributed by atoms with Gasteiger partial charge < -0.3 is 0 Å². The first-order valence-corrected chi connectivity index (χ1v) is 2.17. The molecule has 2 heteroatoms. The Balaban J connectivity index is 2.18. The molecule has 0 saturated carbocycles. The van der Waals surface area contributed by atoms with Crippen LogP contribution in [0, 0.1) is 6.54 Å². The number of hydrogen-bond donors (Lipinski definition) is 0. The molecule has 0 unspecified atom stereocenters. The van der Waals surface area contributed by atoms with Crippen LogP contribution in [0.5, 0.6) is 0 Å². The molecule has 1 saturated heterocycles. The van der Waals surface area contributed by atoms with E-state index in [4.69, 9.17) is 0 Å². The van der Waals surface area contributed by atoms with Gasteiger partial charge in [-0.25, -0.2) is 0 Å². The Morgan fingerprint density at radius 1 is 1.67 bits per heavy atom. The summed E-state index contributed by atoms with van der Waals surface area (Å²) in [6.45, 7) is 2.39. The molecular formula is C4H7NO+. The zero-order chi connectivity index (χ0) is 4.41. The van der Waals surface area contributed by atoms with Gasteiger partial charge in [0.05, 0.1) is 5.21 Å². The maximum absolute atomic E-state index is 10.1. The van der Waals surface area contributed by atoms with E-state index in [-0.39, 0.29) is 0 Å². The van der Waals surface area contributed by atoms with Crippen molar-refractivity contribution in [1.82, 2.24) is 5.06 Å². The zero-order valence-corrected chi connectivity index (χ0v) is 3.55. The fourth-order valence-electron chi connectivity index (χ4n) is 0.574. The molecule has 0 bridgehead atoms. The molecule has 0 aromatic heterocycles. The predicted molar refractivity (Wildman–Crippen MR) is 21.2 cm³/mol. The van der Waals surface area contributed by atoms with E-state index in [0.29, 0.717) is 6.54 Å². The van der Waals surface area contributed by atoms with E-state index in [1.165, 1.54) is 0 Å². The van der Waals surface area contributed by atoms with Gasteiger partial charge in [-0.1, -0.05) is 0 Å². The minimum absolute atomic E-state index is 0.708. The second-order valence-electron chi connectivity index (χ2n) is 1.47. The first kappa shape index (κ1) is 4.09. The maximum Gasteiger partial charge on any atom is 0.232 e. The molecule has 3 radical (unpaired) electrons. The highest BCUT2D eigenvalue weighted by atomic mass is 16.5. The van der Waals surface area contributed by atoms with Crippen LogP contribution in [0.15, 0.2) is 0 Å². The van der Waals surface area contributed by atoms with Crippen molar-refractivity contribution in [3.8, 4) is 0 Å². The lowest BCUT2D eigenvalue weighted by Crippen LogP contribution is -2.13. The summed E-state index contributed by atoms with van der Waals surface area (Å²) < 4.78 is 0. The molecule has 6 heavy (non-hydrogen) atoms. The normalized spacial score (nSPS) is 25.5. The smallest absolute Gasteiger partial charge is 0.0111 e. The minimum atomic E-state index is 0.708. The van der Waals surface area contributed by atoms with Crippen molar-refractivity contribution >= 4 is 0 Å². The van der Waals surface area contributed by atoms with Gasteiger partial charge in [-0.15, -0.1) is 0 Å². The maximum atomic E-state index is 10.1. The highest BCUT2D eigenvalue weighted by molar-refractivity contribution is 4.72. The molecular weight excluding hydrogens is 78.0 g/mol. The third kappa shape index (κ3) is 0.698. The van der Waals surface area contributed by atoms with Crippen molar-refractivity contribution in [3.05, 3.63) is 6.54 Å². The Bertz CT molecular complexity index is 40.8. The van der Waals surface area contributed by atoms with Gasteiger partial charge in [-0.2, -0.15) is 0 Å². The Hall–Kier alpha value is -0.0800. The zero-order valence-electron chi connectivity index (χ0n) is 3.55.